The molecule has 0 unspecified atom stereocenters. The molecule has 142 valence electrons. The Labute approximate surface area is 166 Å². The van der Waals surface area contributed by atoms with E-state index in [2.05, 4.69) is 15.8 Å². The first-order valence-corrected chi connectivity index (χ1v) is 8.90. The number of ether oxygens (including phenoxy) is 2. The maximum atomic E-state index is 13.8. The number of fused-ring (bicyclic) bond motifs is 1. The van der Waals surface area contributed by atoms with E-state index >= 15 is 0 Å². The number of hydrogen-bond donors (Lipinski definition) is 2. The molecule has 0 bridgehead atoms. The van der Waals surface area contributed by atoms with E-state index in [1.165, 1.54) is 12.3 Å². The monoisotopic (exact) mass is 397 g/mol. The van der Waals surface area contributed by atoms with Gasteiger partial charge in [-0.2, -0.15) is 5.10 Å². The SMILES string of the molecule is Fc1ccccc1-c1ccc(/C=N\NC(=S)NCc2ccc3c(c2)OCO3)o1. The second-order valence-electron chi connectivity index (χ2n) is 5.92. The normalized spacial score (nSPS) is 12.3. The number of rotatable bonds is 5. The Morgan fingerprint density at radius 1 is 1.11 bits per heavy atom. The lowest BCUT2D eigenvalue weighted by Gasteiger charge is -2.07. The highest BCUT2D eigenvalue weighted by atomic mass is 32.1. The van der Waals surface area contributed by atoms with Crippen LogP contribution in [0.15, 0.2) is 64.1 Å². The molecule has 1 aliphatic heterocycles. The molecule has 1 aliphatic rings. The van der Waals surface area contributed by atoms with Gasteiger partial charge in [-0.25, -0.2) is 4.39 Å². The lowest BCUT2D eigenvalue weighted by atomic mass is 10.1. The van der Waals surface area contributed by atoms with Gasteiger partial charge >= 0.3 is 0 Å². The highest BCUT2D eigenvalue weighted by Gasteiger charge is 2.13. The third-order valence-electron chi connectivity index (χ3n) is 4.01. The maximum absolute atomic E-state index is 13.8. The van der Waals surface area contributed by atoms with E-state index in [-0.39, 0.29) is 12.6 Å². The predicted octanol–water partition coefficient (Wildman–Crippen LogP) is 3.81. The van der Waals surface area contributed by atoms with E-state index in [1.54, 1.807) is 30.3 Å². The van der Waals surface area contributed by atoms with Gasteiger partial charge in [-0.15, -0.1) is 0 Å². The minimum atomic E-state index is -0.340. The van der Waals surface area contributed by atoms with E-state index in [9.17, 15) is 4.39 Å². The molecule has 6 nitrogen and oxygen atoms in total. The average molecular weight is 397 g/mol. The fourth-order valence-electron chi connectivity index (χ4n) is 2.66. The quantitative estimate of drug-likeness (QED) is 0.388. The van der Waals surface area contributed by atoms with E-state index in [0.29, 0.717) is 28.7 Å². The smallest absolute Gasteiger partial charge is 0.231 e. The van der Waals surface area contributed by atoms with Gasteiger partial charge in [0.25, 0.3) is 0 Å². The van der Waals surface area contributed by atoms with E-state index < -0.39 is 0 Å². The molecule has 2 N–H and O–H groups in total. The van der Waals surface area contributed by atoms with Crippen molar-refractivity contribution in [3.05, 3.63) is 71.7 Å². The summed E-state index contributed by atoms with van der Waals surface area (Å²) in [7, 11) is 0. The van der Waals surface area contributed by atoms with Gasteiger partial charge in [0.15, 0.2) is 16.6 Å². The third kappa shape index (κ3) is 4.12. The molecule has 28 heavy (non-hydrogen) atoms. The summed E-state index contributed by atoms with van der Waals surface area (Å²) in [5.74, 6) is 2.03. The van der Waals surface area contributed by atoms with Crippen molar-refractivity contribution in [2.45, 2.75) is 6.54 Å². The fraction of sp³-hybridized carbons (Fsp3) is 0.100. The molecule has 2 aromatic carbocycles. The lowest BCUT2D eigenvalue weighted by Crippen LogP contribution is -2.31. The van der Waals surface area contributed by atoms with Crippen molar-refractivity contribution in [3.8, 4) is 22.8 Å². The van der Waals surface area contributed by atoms with Crippen LogP contribution in [0.1, 0.15) is 11.3 Å². The van der Waals surface area contributed by atoms with Crippen molar-refractivity contribution in [2.75, 3.05) is 6.79 Å². The fourth-order valence-corrected chi connectivity index (χ4v) is 2.78. The highest BCUT2D eigenvalue weighted by molar-refractivity contribution is 7.80. The average Bonchev–Trinajstić information content (AvgIpc) is 3.35. The van der Waals surface area contributed by atoms with Crippen molar-refractivity contribution in [2.24, 2.45) is 5.10 Å². The van der Waals surface area contributed by atoms with Crippen LogP contribution in [0.25, 0.3) is 11.3 Å². The van der Waals surface area contributed by atoms with Crippen LogP contribution >= 0.6 is 12.2 Å². The van der Waals surface area contributed by atoms with E-state index in [4.69, 9.17) is 26.1 Å². The summed E-state index contributed by atoms with van der Waals surface area (Å²) in [6, 6.07) is 15.5. The summed E-state index contributed by atoms with van der Waals surface area (Å²) in [5, 5.41) is 7.43. The molecule has 0 radical (unpaired) electrons. The van der Waals surface area contributed by atoms with Gasteiger partial charge in [0.1, 0.15) is 17.3 Å². The van der Waals surface area contributed by atoms with Crippen LogP contribution in [0.5, 0.6) is 11.5 Å². The second-order valence-corrected chi connectivity index (χ2v) is 6.33. The van der Waals surface area contributed by atoms with Gasteiger partial charge in [-0.05, 0) is 54.2 Å². The van der Waals surface area contributed by atoms with Crippen molar-refractivity contribution in [1.82, 2.24) is 10.7 Å². The number of nitrogens with one attached hydrogen (secondary N) is 2. The second kappa shape index (κ2) is 8.10. The van der Waals surface area contributed by atoms with Crippen LogP contribution in [-0.2, 0) is 6.54 Å². The molecule has 2 heterocycles. The Morgan fingerprint density at radius 3 is 2.86 bits per heavy atom. The van der Waals surface area contributed by atoms with E-state index in [1.807, 2.05) is 18.2 Å². The van der Waals surface area contributed by atoms with Crippen molar-refractivity contribution in [3.63, 3.8) is 0 Å². The zero-order chi connectivity index (χ0) is 19.3. The van der Waals surface area contributed by atoms with Crippen LogP contribution in [0.3, 0.4) is 0 Å². The molecular weight excluding hydrogens is 381 g/mol. The summed E-state index contributed by atoms with van der Waals surface area (Å²) in [6.07, 6.45) is 1.47. The number of furan rings is 1. The van der Waals surface area contributed by atoms with Crippen molar-refractivity contribution >= 4 is 23.5 Å². The minimum Gasteiger partial charge on any atom is -0.455 e. The molecular formula is C20H16FN3O3S. The lowest BCUT2D eigenvalue weighted by molar-refractivity contribution is 0.174. The zero-order valence-corrected chi connectivity index (χ0v) is 15.5. The number of benzene rings is 2. The summed E-state index contributed by atoms with van der Waals surface area (Å²) in [6.45, 7) is 0.752. The number of hydrogen-bond acceptors (Lipinski definition) is 5. The molecule has 1 aromatic heterocycles. The maximum Gasteiger partial charge on any atom is 0.231 e. The largest absolute Gasteiger partial charge is 0.455 e. The molecule has 0 atom stereocenters. The first-order chi connectivity index (χ1) is 13.7. The first-order valence-electron chi connectivity index (χ1n) is 8.49. The summed E-state index contributed by atoms with van der Waals surface area (Å²) in [5.41, 5.74) is 4.11. The Balaban J connectivity index is 1.29. The van der Waals surface area contributed by atoms with Crippen LogP contribution in [0.4, 0.5) is 4.39 Å². The first kappa shape index (κ1) is 18.0. The van der Waals surface area contributed by atoms with Gasteiger partial charge in [0.2, 0.25) is 6.79 Å². The minimum absolute atomic E-state index is 0.242. The third-order valence-corrected chi connectivity index (χ3v) is 4.25. The van der Waals surface area contributed by atoms with Crippen LogP contribution in [0, 0.1) is 5.82 Å². The van der Waals surface area contributed by atoms with Crippen LogP contribution < -0.4 is 20.2 Å². The molecule has 0 amide bonds. The number of nitrogens with zero attached hydrogens (tertiary/aromatic N) is 1. The van der Waals surface area contributed by atoms with Gasteiger partial charge in [-0.3, -0.25) is 5.43 Å². The van der Waals surface area contributed by atoms with Gasteiger partial charge in [0, 0.05) is 6.54 Å². The standard InChI is InChI=1S/C20H16FN3O3S/c21-16-4-2-1-3-15(16)17-8-6-14(27-17)11-23-24-20(28)22-10-13-5-7-18-19(9-13)26-12-25-18/h1-9,11H,10,12H2,(H2,22,24,28)/b23-11-. The molecule has 0 aliphatic carbocycles. The molecule has 0 spiro atoms. The van der Waals surface area contributed by atoms with Crippen molar-refractivity contribution < 1.29 is 18.3 Å². The summed E-state index contributed by atoms with van der Waals surface area (Å²) < 4.78 is 30.0. The number of halogens is 1. The molecule has 0 saturated heterocycles. The Morgan fingerprint density at radius 2 is 1.96 bits per heavy atom. The van der Waals surface area contributed by atoms with Gasteiger partial charge in [0.05, 0.1) is 11.8 Å². The molecule has 0 saturated carbocycles. The molecule has 8 heteroatoms. The molecule has 0 fully saturated rings. The highest BCUT2D eigenvalue weighted by Crippen LogP contribution is 2.32. The van der Waals surface area contributed by atoms with Gasteiger partial charge in [-0.1, -0.05) is 18.2 Å². The number of thiocarbonyl (C=S) groups is 1. The van der Waals surface area contributed by atoms with Crippen LogP contribution in [0.2, 0.25) is 0 Å². The van der Waals surface area contributed by atoms with Crippen molar-refractivity contribution in [1.29, 1.82) is 0 Å². The molecule has 3 aromatic rings. The van der Waals surface area contributed by atoms with Gasteiger partial charge < -0.3 is 19.2 Å². The van der Waals surface area contributed by atoms with Crippen LogP contribution in [-0.4, -0.2) is 18.1 Å². The summed E-state index contributed by atoms with van der Waals surface area (Å²) >= 11 is 5.19. The Bertz CT molecular complexity index is 1040. The zero-order valence-electron chi connectivity index (χ0n) is 14.6. The Kier molecular flexibility index (Phi) is 5.20. The topological polar surface area (TPSA) is 68.0 Å². The number of hydrazone groups is 1. The Hall–Kier alpha value is -3.39. The summed E-state index contributed by atoms with van der Waals surface area (Å²) in [4.78, 5) is 0. The predicted molar refractivity (Wildman–Crippen MR) is 107 cm³/mol. The molecule has 4 rings (SSSR count). The van der Waals surface area contributed by atoms with E-state index in [0.717, 1.165) is 17.1 Å².